The van der Waals surface area contributed by atoms with Gasteiger partial charge in [-0.3, -0.25) is 14.5 Å². The number of carbonyl (C=O) groups is 2. The molecule has 1 N–H and O–H groups in total. The van der Waals surface area contributed by atoms with Crippen LogP contribution in [0.25, 0.3) is 0 Å². The van der Waals surface area contributed by atoms with Crippen LogP contribution in [-0.4, -0.2) is 102 Å². The molecule has 2 fully saturated rings. The SMILES string of the molecule is CC(=O)c1ccc(C(=O)N2CCN(c3ccc(N4CCN(CCO)CC4)nn3)CC2)cc1. The largest absolute Gasteiger partial charge is 0.395 e. The van der Waals surface area contributed by atoms with E-state index in [0.29, 0.717) is 37.3 Å². The molecule has 0 spiro atoms. The van der Waals surface area contributed by atoms with Crippen LogP contribution in [-0.2, 0) is 0 Å². The molecule has 3 heterocycles. The van der Waals surface area contributed by atoms with E-state index < -0.39 is 0 Å². The summed E-state index contributed by atoms with van der Waals surface area (Å²) in [7, 11) is 0. The van der Waals surface area contributed by atoms with Crippen molar-refractivity contribution in [1.29, 1.82) is 0 Å². The topological polar surface area (TPSA) is 93.1 Å². The van der Waals surface area contributed by atoms with Crippen molar-refractivity contribution in [3.05, 3.63) is 47.5 Å². The number of hydrogen-bond acceptors (Lipinski definition) is 8. The standard InChI is InChI=1S/C23H30N6O3/c1-18(31)19-2-4-20(5-3-19)23(32)29-14-12-28(13-15-29)22-7-6-21(24-25-22)27-10-8-26(9-11-27)16-17-30/h2-7,30H,8-17H2,1H3. The zero-order valence-electron chi connectivity index (χ0n) is 18.5. The van der Waals surface area contributed by atoms with E-state index in [0.717, 1.165) is 44.4 Å². The summed E-state index contributed by atoms with van der Waals surface area (Å²) in [6, 6.07) is 10.9. The zero-order chi connectivity index (χ0) is 22.5. The Morgan fingerprint density at radius 3 is 1.75 bits per heavy atom. The van der Waals surface area contributed by atoms with Gasteiger partial charge in [-0.05, 0) is 31.2 Å². The highest BCUT2D eigenvalue weighted by Crippen LogP contribution is 2.19. The van der Waals surface area contributed by atoms with E-state index in [1.165, 1.54) is 6.92 Å². The molecule has 2 saturated heterocycles. The Kier molecular flexibility index (Phi) is 6.96. The predicted molar refractivity (Wildman–Crippen MR) is 122 cm³/mol. The molecule has 0 unspecified atom stereocenters. The second-order valence-electron chi connectivity index (χ2n) is 8.21. The van der Waals surface area contributed by atoms with Gasteiger partial charge in [-0.15, -0.1) is 10.2 Å². The maximum atomic E-state index is 12.8. The lowest BCUT2D eigenvalue weighted by atomic mass is 10.1. The molecule has 1 amide bonds. The molecule has 32 heavy (non-hydrogen) atoms. The molecule has 1 aromatic carbocycles. The molecule has 9 heteroatoms. The van der Waals surface area contributed by atoms with Crippen molar-refractivity contribution < 1.29 is 14.7 Å². The van der Waals surface area contributed by atoms with Gasteiger partial charge in [0.1, 0.15) is 0 Å². The minimum Gasteiger partial charge on any atom is -0.395 e. The molecule has 0 radical (unpaired) electrons. The number of piperazine rings is 2. The molecule has 0 bridgehead atoms. The van der Waals surface area contributed by atoms with E-state index in [4.69, 9.17) is 5.11 Å². The summed E-state index contributed by atoms with van der Waals surface area (Å²) >= 11 is 0. The lowest BCUT2D eigenvalue weighted by Gasteiger charge is -2.36. The third-order valence-electron chi connectivity index (χ3n) is 6.18. The number of rotatable bonds is 6. The highest BCUT2D eigenvalue weighted by Gasteiger charge is 2.24. The predicted octanol–water partition coefficient (Wildman–Crippen LogP) is 0.756. The van der Waals surface area contributed by atoms with Crippen molar-refractivity contribution in [2.24, 2.45) is 0 Å². The first-order valence-electron chi connectivity index (χ1n) is 11.1. The van der Waals surface area contributed by atoms with Crippen molar-refractivity contribution >= 4 is 23.3 Å². The Hall–Kier alpha value is -3.04. The Morgan fingerprint density at radius 1 is 0.781 bits per heavy atom. The summed E-state index contributed by atoms with van der Waals surface area (Å²) in [6.45, 7) is 8.64. The average Bonchev–Trinajstić information content (AvgIpc) is 2.84. The quantitative estimate of drug-likeness (QED) is 0.661. The fourth-order valence-corrected chi connectivity index (χ4v) is 4.17. The second-order valence-corrected chi connectivity index (χ2v) is 8.21. The van der Waals surface area contributed by atoms with Gasteiger partial charge in [0.05, 0.1) is 6.61 Å². The third kappa shape index (κ3) is 5.05. The van der Waals surface area contributed by atoms with Crippen LogP contribution in [0.4, 0.5) is 11.6 Å². The summed E-state index contributed by atoms with van der Waals surface area (Å²) in [6.07, 6.45) is 0. The van der Waals surface area contributed by atoms with Gasteiger partial charge in [0.25, 0.3) is 5.91 Å². The Morgan fingerprint density at radius 2 is 1.28 bits per heavy atom. The Labute approximate surface area is 188 Å². The van der Waals surface area contributed by atoms with E-state index in [1.54, 1.807) is 24.3 Å². The number of hydrogen-bond donors (Lipinski definition) is 1. The molecule has 2 aromatic rings. The van der Waals surface area contributed by atoms with Gasteiger partial charge in [0.15, 0.2) is 17.4 Å². The molecule has 0 aliphatic carbocycles. The highest BCUT2D eigenvalue weighted by atomic mass is 16.3. The summed E-state index contributed by atoms with van der Waals surface area (Å²) in [5.74, 6) is 1.68. The van der Waals surface area contributed by atoms with E-state index in [1.807, 2.05) is 17.0 Å². The number of carbonyl (C=O) groups excluding carboxylic acids is 2. The first-order chi connectivity index (χ1) is 15.5. The van der Waals surface area contributed by atoms with Crippen LogP contribution in [0.3, 0.4) is 0 Å². The minimum atomic E-state index is -0.0125. The molecule has 2 aliphatic rings. The monoisotopic (exact) mass is 438 g/mol. The summed E-state index contributed by atoms with van der Waals surface area (Å²) in [5.41, 5.74) is 1.21. The fourth-order valence-electron chi connectivity index (χ4n) is 4.17. The first kappa shape index (κ1) is 22.2. The van der Waals surface area contributed by atoms with Gasteiger partial charge in [-0.25, -0.2) is 0 Å². The molecule has 1 aromatic heterocycles. The van der Waals surface area contributed by atoms with E-state index >= 15 is 0 Å². The number of anilines is 2. The van der Waals surface area contributed by atoms with E-state index in [-0.39, 0.29) is 18.3 Å². The maximum absolute atomic E-state index is 12.8. The van der Waals surface area contributed by atoms with Gasteiger partial charge < -0.3 is 19.8 Å². The van der Waals surface area contributed by atoms with Crippen LogP contribution < -0.4 is 9.80 Å². The van der Waals surface area contributed by atoms with Crippen molar-refractivity contribution in [1.82, 2.24) is 20.0 Å². The summed E-state index contributed by atoms with van der Waals surface area (Å²) in [4.78, 5) is 32.7. The average molecular weight is 439 g/mol. The molecule has 4 rings (SSSR count). The van der Waals surface area contributed by atoms with Crippen LogP contribution in [0.5, 0.6) is 0 Å². The lowest BCUT2D eigenvalue weighted by molar-refractivity contribution is 0.0746. The molecule has 9 nitrogen and oxygen atoms in total. The lowest BCUT2D eigenvalue weighted by Crippen LogP contribution is -2.49. The van der Waals surface area contributed by atoms with Gasteiger partial charge in [-0.2, -0.15) is 0 Å². The highest BCUT2D eigenvalue weighted by molar-refractivity contribution is 5.97. The third-order valence-corrected chi connectivity index (χ3v) is 6.18. The van der Waals surface area contributed by atoms with Gasteiger partial charge in [0.2, 0.25) is 0 Å². The molecule has 0 atom stereocenters. The smallest absolute Gasteiger partial charge is 0.253 e. The summed E-state index contributed by atoms with van der Waals surface area (Å²) in [5, 5.41) is 17.9. The number of aliphatic hydroxyl groups excluding tert-OH is 1. The van der Waals surface area contributed by atoms with E-state index in [2.05, 4.69) is 24.9 Å². The van der Waals surface area contributed by atoms with Crippen molar-refractivity contribution in [2.75, 3.05) is 75.3 Å². The van der Waals surface area contributed by atoms with Crippen LogP contribution in [0.15, 0.2) is 36.4 Å². The molecule has 2 aliphatic heterocycles. The number of amides is 1. The van der Waals surface area contributed by atoms with Crippen LogP contribution in [0, 0.1) is 0 Å². The molecular weight excluding hydrogens is 408 g/mol. The van der Waals surface area contributed by atoms with Crippen molar-refractivity contribution in [2.45, 2.75) is 6.92 Å². The number of nitrogens with zero attached hydrogens (tertiary/aromatic N) is 6. The molecule has 170 valence electrons. The van der Waals surface area contributed by atoms with Gasteiger partial charge >= 0.3 is 0 Å². The minimum absolute atomic E-state index is 0.00584. The van der Waals surface area contributed by atoms with Crippen LogP contribution in [0.2, 0.25) is 0 Å². The normalized spacial score (nSPS) is 17.5. The number of ketones is 1. The maximum Gasteiger partial charge on any atom is 0.253 e. The van der Waals surface area contributed by atoms with Crippen molar-refractivity contribution in [3.8, 4) is 0 Å². The number of Topliss-reactive ketones (excluding diaryl/α,β-unsaturated/α-hetero) is 1. The summed E-state index contributed by atoms with van der Waals surface area (Å²) < 4.78 is 0. The zero-order valence-corrected chi connectivity index (χ0v) is 18.5. The number of β-amino-alcohol motifs (C(OH)–C–C–N with tert-alkyl or cyclic N) is 1. The van der Waals surface area contributed by atoms with Crippen LogP contribution in [0.1, 0.15) is 27.6 Å². The fraction of sp³-hybridized carbons (Fsp3) is 0.478. The molecular formula is C23H30N6O3. The number of benzene rings is 1. The van der Waals surface area contributed by atoms with E-state index in [9.17, 15) is 9.59 Å². The molecule has 0 saturated carbocycles. The Balaban J connectivity index is 1.29. The first-order valence-corrected chi connectivity index (χ1v) is 11.1. The number of aromatic nitrogens is 2. The van der Waals surface area contributed by atoms with Crippen molar-refractivity contribution in [3.63, 3.8) is 0 Å². The Bertz CT molecular complexity index is 918. The van der Waals surface area contributed by atoms with Gasteiger partial charge in [-0.1, -0.05) is 12.1 Å². The number of aliphatic hydroxyl groups is 1. The van der Waals surface area contributed by atoms with Gasteiger partial charge in [0, 0.05) is 70.0 Å². The second kappa shape index (κ2) is 10.1. The van der Waals surface area contributed by atoms with Crippen LogP contribution >= 0.6 is 0 Å².